The van der Waals surface area contributed by atoms with Crippen molar-refractivity contribution in [1.29, 1.82) is 0 Å². The van der Waals surface area contributed by atoms with Crippen molar-refractivity contribution in [2.75, 3.05) is 0 Å². The lowest BCUT2D eigenvalue weighted by molar-refractivity contribution is -0.151. The van der Waals surface area contributed by atoms with E-state index < -0.39 is 30.2 Å². The molecule has 0 radical (unpaired) electrons. The number of hydrogen-bond donors (Lipinski definition) is 4. The van der Waals surface area contributed by atoms with Crippen molar-refractivity contribution in [3.8, 4) is 0 Å². The molecule has 0 aliphatic rings. The first-order chi connectivity index (χ1) is 11.3. The Balaban J connectivity index is 2.63. The van der Waals surface area contributed by atoms with Gasteiger partial charge in [0, 0.05) is 0 Å². The second-order valence-corrected chi connectivity index (χ2v) is 5.32. The van der Waals surface area contributed by atoms with Gasteiger partial charge in [-0.1, -0.05) is 50.6 Å². The fraction of sp³-hybridized carbons (Fsp3) is 0.438. The van der Waals surface area contributed by atoms with Gasteiger partial charge >= 0.3 is 12.1 Å². The molecule has 132 valence electrons. The maximum atomic E-state index is 12.1. The van der Waals surface area contributed by atoms with E-state index in [0.29, 0.717) is 6.42 Å². The summed E-state index contributed by atoms with van der Waals surface area (Å²) in [7, 11) is 0. The zero-order valence-electron chi connectivity index (χ0n) is 13.6. The molecule has 0 saturated carbocycles. The smallest absolute Gasteiger partial charge is 0.408 e. The number of benzene rings is 1. The van der Waals surface area contributed by atoms with Crippen molar-refractivity contribution in [2.24, 2.45) is 5.92 Å². The van der Waals surface area contributed by atoms with Crippen molar-refractivity contribution in [3.05, 3.63) is 35.9 Å². The lowest BCUT2D eigenvalue weighted by Gasteiger charge is -2.23. The van der Waals surface area contributed by atoms with E-state index in [2.05, 4.69) is 5.32 Å². The highest BCUT2D eigenvalue weighted by Crippen LogP contribution is 2.09. The van der Waals surface area contributed by atoms with Gasteiger partial charge in [-0.2, -0.15) is 0 Å². The van der Waals surface area contributed by atoms with Crippen molar-refractivity contribution in [2.45, 2.75) is 39.1 Å². The Morgan fingerprint density at radius 3 is 2.33 bits per heavy atom. The Bertz CT molecular complexity index is 563. The van der Waals surface area contributed by atoms with Crippen LogP contribution in [-0.2, 0) is 20.9 Å². The molecule has 0 fully saturated rings. The van der Waals surface area contributed by atoms with Crippen LogP contribution in [0.3, 0.4) is 0 Å². The van der Waals surface area contributed by atoms with Crippen LogP contribution in [-0.4, -0.2) is 40.5 Å². The first-order valence-corrected chi connectivity index (χ1v) is 7.53. The summed E-state index contributed by atoms with van der Waals surface area (Å²) >= 11 is 0. The van der Waals surface area contributed by atoms with E-state index in [1.54, 1.807) is 31.2 Å². The van der Waals surface area contributed by atoms with Crippen LogP contribution < -0.4 is 10.6 Å². The number of alkyl carbamates (subject to hydrolysis) is 1. The third-order valence-corrected chi connectivity index (χ3v) is 3.49. The van der Waals surface area contributed by atoms with Gasteiger partial charge in [0.2, 0.25) is 12.1 Å². The number of nitrogens with one attached hydrogen (secondary N) is 2. The molecule has 1 aromatic carbocycles. The van der Waals surface area contributed by atoms with E-state index in [-0.39, 0.29) is 12.5 Å². The van der Waals surface area contributed by atoms with E-state index >= 15 is 0 Å². The number of carboxylic acids is 1. The molecule has 2 amide bonds. The summed E-state index contributed by atoms with van der Waals surface area (Å²) in [5.74, 6) is -2.66. The molecule has 0 spiro atoms. The first kappa shape index (κ1) is 19.4. The Hall–Kier alpha value is -2.61. The molecule has 8 heteroatoms. The quantitative estimate of drug-likeness (QED) is 0.521. The Kier molecular flexibility index (Phi) is 7.70. The van der Waals surface area contributed by atoms with Gasteiger partial charge < -0.3 is 25.6 Å². The molecule has 1 aromatic rings. The van der Waals surface area contributed by atoms with Gasteiger partial charge in [-0.3, -0.25) is 4.79 Å². The van der Waals surface area contributed by atoms with E-state index in [1.807, 2.05) is 18.3 Å². The number of carbonyl (C=O) groups is 3. The minimum Gasteiger partial charge on any atom is -0.478 e. The van der Waals surface area contributed by atoms with Gasteiger partial charge in [0.25, 0.3) is 0 Å². The zero-order chi connectivity index (χ0) is 18.1. The minimum atomic E-state index is -2.04. The lowest BCUT2D eigenvalue weighted by atomic mass is 9.98. The number of carbonyl (C=O) groups excluding carboxylic acids is 2. The van der Waals surface area contributed by atoms with Gasteiger partial charge in [-0.25, -0.2) is 9.59 Å². The van der Waals surface area contributed by atoms with Gasteiger partial charge in [-0.05, 0) is 11.5 Å². The SMILES string of the molecule is CC[C@H](C)[C@H](NC(=O)OCc1ccccc1)C(=O)NC(O)C(=O)O. The van der Waals surface area contributed by atoms with E-state index in [0.717, 1.165) is 5.56 Å². The molecule has 0 saturated heterocycles. The predicted octanol–water partition coefficient (Wildman–Crippen LogP) is 0.847. The molecule has 3 atom stereocenters. The molecular formula is C16H22N2O6. The number of amides is 2. The Morgan fingerprint density at radius 2 is 1.79 bits per heavy atom. The number of aliphatic carboxylic acids is 1. The molecule has 0 heterocycles. The molecule has 4 N–H and O–H groups in total. The summed E-state index contributed by atoms with van der Waals surface area (Å²) in [5, 5.41) is 22.2. The third-order valence-electron chi connectivity index (χ3n) is 3.49. The van der Waals surface area contributed by atoms with Crippen LogP contribution in [0.2, 0.25) is 0 Å². The third kappa shape index (κ3) is 6.25. The van der Waals surface area contributed by atoms with Crippen molar-refractivity contribution >= 4 is 18.0 Å². The van der Waals surface area contributed by atoms with Crippen LogP contribution in [0.4, 0.5) is 4.79 Å². The van der Waals surface area contributed by atoms with E-state index in [1.165, 1.54) is 0 Å². The van der Waals surface area contributed by atoms with Crippen LogP contribution in [0.5, 0.6) is 0 Å². The Labute approximate surface area is 139 Å². The van der Waals surface area contributed by atoms with Gasteiger partial charge in [0.05, 0.1) is 0 Å². The summed E-state index contributed by atoms with van der Waals surface area (Å²) in [4.78, 5) is 34.5. The monoisotopic (exact) mass is 338 g/mol. The summed E-state index contributed by atoms with van der Waals surface area (Å²) in [6.45, 7) is 3.57. The summed E-state index contributed by atoms with van der Waals surface area (Å²) in [6, 6.07) is 8.00. The van der Waals surface area contributed by atoms with E-state index in [9.17, 15) is 19.5 Å². The summed E-state index contributed by atoms with van der Waals surface area (Å²) in [5.41, 5.74) is 0.790. The standard InChI is InChI=1S/C16H22N2O6/c1-3-10(2)12(13(19)18-14(20)15(21)22)17-16(23)24-9-11-7-5-4-6-8-11/h4-8,10,12,14,20H,3,9H2,1-2H3,(H,17,23)(H,18,19)(H,21,22)/t10-,12-,14?/m0/s1. The number of hydrogen-bond acceptors (Lipinski definition) is 5. The number of aliphatic hydroxyl groups excluding tert-OH is 1. The van der Waals surface area contributed by atoms with Crippen LogP contribution in [0, 0.1) is 5.92 Å². The summed E-state index contributed by atoms with van der Waals surface area (Å²) < 4.78 is 5.05. The van der Waals surface area contributed by atoms with Crippen molar-refractivity contribution < 1.29 is 29.3 Å². The van der Waals surface area contributed by atoms with Crippen molar-refractivity contribution in [1.82, 2.24) is 10.6 Å². The van der Waals surface area contributed by atoms with Gasteiger partial charge in [0.15, 0.2) is 0 Å². The van der Waals surface area contributed by atoms with Crippen LogP contribution >= 0.6 is 0 Å². The predicted molar refractivity (Wildman–Crippen MR) is 84.8 cm³/mol. The number of carboxylic acid groups (broad SMARTS) is 1. The molecule has 0 bridgehead atoms. The van der Waals surface area contributed by atoms with Gasteiger partial charge in [-0.15, -0.1) is 0 Å². The first-order valence-electron chi connectivity index (χ1n) is 7.53. The minimum absolute atomic E-state index is 0.0409. The molecular weight excluding hydrogens is 316 g/mol. The number of rotatable bonds is 8. The van der Waals surface area contributed by atoms with Crippen LogP contribution in [0.25, 0.3) is 0 Å². The second kappa shape index (κ2) is 9.51. The van der Waals surface area contributed by atoms with Crippen LogP contribution in [0.15, 0.2) is 30.3 Å². The maximum Gasteiger partial charge on any atom is 0.408 e. The number of aliphatic hydroxyl groups is 1. The molecule has 1 rings (SSSR count). The normalized spacial score (nSPS) is 14.1. The largest absolute Gasteiger partial charge is 0.478 e. The molecule has 0 aliphatic carbocycles. The molecule has 0 aromatic heterocycles. The highest BCUT2D eigenvalue weighted by molar-refractivity contribution is 5.88. The molecule has 1 unspecified atom stereocenters. The number of ether oxygens (including phenoxy) is 1. The average molecular weight is 338 g/mol. The lowest BCUT2D eigenvalue weighted by Crippen LogP contribution is -2.54. The molecule has 24 heavy (non-hydrogen) atoms. The van der Waals surface area contributed by atoms with Crippen LogP contribution in [0.1, 0.15) is 25.8 Å². The fourth-order valence-electron chi connectivity index (χ4n) is 1.88. The summed E-state index contributed by atoms with van der Waals surface area (Å²) in [6.07, 6.45) is -2.28. The molecule has 0 aliphatic heterocycles. The van der Waals surface area contributed by atoms with Gasteiger partial charge in [0.1, 0.15) is 12.6 Å². The average Bonchev–Trinajstić information content (AvgIpc) is 2.57. The highest BCUT2D eigenvalue weighted by atomic mass is 16.5. The fourth-order valence-corrected chi connectivity index (χ4v) is 1.88. The Morgan fingerprint density at radius 1 is 1.17 bits per heavy atom. The highest BCUT2D eigenvalue weighted by Gasteiger charge is 2.29. The topological polar surface area (TPSA) is 125 Å². The van der Waals surface area contributed by atoms with Crippen molar-refractivity contribution in [3.63, 3.8) is 0 Å². The zero-order valence-corrected chi connectivity index (χ0v) is 13.6. The maximum absolute atomic E-state index is 12.1. The van der Waals surface area contributed by atoms with E-state index in [4.69, 9.17) is 9.84 Å². The second-order valence-electron chi connectivity index (χ2n) is 5.32. The molecule has 8 nitrogen and oxygen atoms in total.